The van der Waals surface area contributed by atoms with Gasteiger partial charge >= 0.3 is 0 Å². The van der Waals surface area contributed by atoms with Crippen LogP contribution in [-0.2, 0) is 5.60 Å². The number of pyridine rings is 1. The monoisotopic (exact) mass is 276 g/mol. The van der Waals surface area contributed by atoms with Crippen LogP contribution in [0.25, 0.3) is 0 Å². The molecule has 0 amide bonds. The second kappa shape index (κ2) is 4.83. The summed E-state index contributed by atoms with van der Waals surface area (Å²) in [6, 6.07) is 7.58. The van der Waals surface area contributed by atoms with Crippen LogP contribution in [0.1, 0.15) is 29.2 Å². The Labute approximate surface area is 118 Å². The number of nitrogen functional groups attached to an aromatic ring is 1. The second-order valence-electron chi connectivity index (χ2n) is 5.03. The van der Waals surface area contributed by atoms with Gasteiger partial charge in [0.2, 0.25) is 0 Å². The van der Waals surface area contributed by atoms with Crippen molar-refractivity contribution in [1.82, 2.24) is 4.98 Å². The molecular formula is C15H17ClN2O. The van der Waals surface area contributed by atoms with Crippen molar-refractivity contribution >= 4 is 17.4 Å². The SMILES string of the molecule is Cc1cc(C)cc(C(C)(O)c2cc(Cl)cnc2N)c1. The van der Waals surface area contributed by atoms with E-state index in [0.29, 0.717) is 10.6 Å². The Morgan fingerprint density at radius 3 is 2.32 bits per heavy atom. The lowest BCUT2D eigenvalue weighted by Gasteiger charge is -2.26. The largest absolute Gasteiger partial charge is 0.383 e. The molecule has 0 radical (unpaired) electrons. The van der Waals surface area contributed by atoms with Gasteiger partial charge in [0.05, 0.1) is 5.02 Å². The van der Waals surface area contributed by atoms with Gasteiger partial charge in [0.1, 0.15) is 11.4 Å². The highest BCUT2D eigenvalue weighted by Crippen LogP contribution is 2.34. The van der Waals surface area contributed by atoms with Gasteiger partial charge in [0.25, 0.3) is 0 Å². The van der Waals surface area contributed by atoms with Crippen molar-refractivity contribution in [3.8, 4) is 0 Å². The molecule has 0 saturated carbocycles. The third-order valence-electron chi connectivity index (χ3n) is 3.19. The predicted octanol–water partition coefficient (Wildman–Crippen LogP) is 3.19. The Kier molecular flexibility index (Phi) is 3.52. The number of anilines is 1. The van der Waals surface area contributed by atoms with E-state index < -0.39 is 5.60 Å². The number of aliphatic hydroxyl groups is 1. The Morgan fingerprint density at radius 2 is 1.74 bits per heavy atom. The zero-order chi connectivity index (χ0) is 14.2. The molecule has 4 heteroatoms. The van der Waals surface area contributed by atoms with Crippen LogP contribution < -0.4 is 5.73 Å². The number of benzene rings is 1. The molecule has 0 fully saturated rings. The average Bonchev–Trinajstić information content (AvgIpc) is 2.31. The lowest BCUT2D eigenvalue weighted by molar-refractivity contribution is 0.103. The molecule has 100 valence electrons. The topological polar surface area (TPSA) is 59.1 Å². The molecule has 0 aliphatic rings. The van der Waals surface area contributed by atoms with Crippen LogP contribution in [0, 0.1) is 13.8 Å². The van der Waals surface area contributed by atoms with Gasteiger partial charge in [-0.25, -0.2) is 4.98 Å². The minimum atomic E-state index is -1.22. The molecular weight excluding hydrogens is 260 g/mol. The van der Waals surface area contributed by atoms with Crippen molar-refractivity contribution < 1.29 is 5.11 Å². The standard InChI is InChI=1S/C15H17ClN2O/c1-9-4-10(2)6-11(5-9)15(3,19)13-7-12(16)8-18-14(13)17/h4-8,19H,1-3H3,(H2,17,18). The smallest absolute Gasteiger partial charge is 0.129 e. The van der Waals surface area contributed by atoms with Crippen molar-refractivity contribution in [2.24, 2.45) is 0 Å². The minimum Gasteiger partial charge on any atom is -0.383 e. The zero-order valence-electron chi connectivity index (χ0n) is 11.2. The number of aryl methyl sites for hydroxylation is 2. The molecule has 0 aliphatic carbocycles. The maximum absolute atomic E-state index is 10.8. The number of rotatable bonds is 2. The van der Waals surface area contributed by atoms with Crippen LogP contribution in [0.2, 0.25) is 5.02 Å². The van der Waals surface area contributed by atoms with Crippen LogP contribution in [0.15, 0.2) is 30.5 Å². The maximum Gasteiger partial charge on any atom is 0.129 e. The summed E-state index contributed by atoms with van der Waals surface area (Å²) in [5, 5.41) is 11.3. The lowest BCUT2D eigenvalue weighted by Crippen LogP contribution is -2.25. The molecule has 0 aliphatic heterocycles. The van der Waals surface area contributed by atoms with Gasteiger partial charge in [-0.15, -0.1) is 0 Å². The Bertz CT molecular complexity index is 603. The van der Waals surface area contributed by atoms with Crippen LogP contribution in [0.5, 0.6) is 0 Å². The fourth-order valence-corrected chi connectivity index (χ4v) is 2.41. The molecule has 1 aromatic carbocycles. The third-order valence-corrected chi connectivity index (χ3v) is 3.40. The Hall–Kier alpha value is -1.58. The molecule has 2 rings (SSSR count). The van der Waals surface area contributed by atoms with Crippen LogP contribution in [0.3, 0.4) is 0 Å². The van der Waals surface area contributed by atoms with Crippen molar-refractivity contribution in [3.05, 3.63) is 57.7 Å². The highest BCUT2D eigenvalue weighted by atomic mass is 35.5. The molecule has 0 saturated heterocycles. The van der Waals surface area contributed by atoms with Gasteiger partial charge in [0, 0.05) is 11.8 Å². The highest BCUT2D eigenvalue weighted by Gasteiger charge is 2.29. The minimum absolute atomic E-state index is 0.286. The van der Waals surface area contributed by atoms with Crippen LogP contribution in [0.4, 0.5) is 5.82 Å². The number of hydrogen-bond acceptors (Lipinski definition) is 3. The summed E-state index contributed by atoms with van der Waals surface area (Å²) in [5.74, 6) is 0.286. The van der Waals surface area contributed by atoms with E-state index in [2.05, 4.69) is 11.1 Å². The van der Waals surface area contributed by atoms with E-state index in [0.717, 1.165) is 16.7 Å². The number of aromatic nitrogens is 1. The van der Waals surface area contributed by atoms with Gasteiger partial charge in [-0.05, 0) is 32.4 Å². The first kappa shape index (κ1) is 13.8. The van der Waals surface area contributed by atoms with Gasteiger partial charge in [-0.1, -0.05) is 40.9 Å². The summed E-state index contributed by atoms with van der Waals surface area (Å²) in [4.78, 5) is 4.00. The molecule has 0 bridgehead atoms. The zero-order valence-corrected chi connectivity index (χ0v) is 12.0. The lowest BCUT2D eigenvalue weighted by atomic mass is 9.87. The quantitative estimate of drug-likeness (QED) is 0.886. The molecule has 19 heavy (non-hydrogen) atoms. The number of hydrogen-bond donors (Lipinski definition) is 2. The first-order valence-electron chi connectivity index (χ1n) is 6.03. The maximum atomic E-state index is 10.8. The van der Waals surface area contributed by atoms with Crippen molar-refractivity contribution in [3.63, 3.8) is 0 Å². The van der Waals surface area contributed by atoms with E-state index in [1.807, 2.05) is 26.0 Å². The van der Waals surface area contributed by atoms with E-state index in [1.54, 1.807) is 13.0 Å². The van der Waals surface area contributed by atoms with Crippen molar-refractivity contribution in [2.75, 3.05) is 5.73 Å². The van der Waals surface area contributed by atoms with E-state index in [9.17, 15) is 5.11 Å². The van der Waals surface area contributed by atoms with Crippen LogP contribution >= 0.6 is 11.6 Å². The summed E-state index contributed by atoms with van der Waals surface area (Å²) < 4.78 is 0. The molecule has 1 atom stereocenters. The fraction of sp³-hybridized carbons (Fsp3) is 0.267. The Balaban J connectivity index is 2.60. The molecule has 0 spiro atoms. The average molecular weight is 277 g/mol. The summed E-state index contributed by atoms with van der Waals surface area (Å²) in [5.41, 5.74) is 8.11. The van der Waals surface area contributed by atoms with Gasteiger partial charge in [-0.3, -0.25) is 0 Å². The third kappa shape index (κ3) is 2.72. The molecule has 3 nitrogen and oxygen atoms in total. The molecule has 1 aromatic heterocycles. The van der Waals surface area contributed by atoms with Crippen molar-refractivity contribution in [2.45, 2.75) is 26.4 Å². The summed E-state index contributed by atoms with van der Waals surface area (Å²) in [7, 11) is 0. The van der Waals surface area contributed by atoms with Crippen molar-refractivity contribution in [1.29, 1.82) is 0 Å². The molecule has 1 unspecified atom stereocenters. The van der Waals surface area contributed by atoms with Gasteiger partial charge in [-0.2, -0.15) is 0 Å². The predicted molar refractivity (Wildman–Crippen MR) is 78.2 cm³/mol. The second-order valence-corrected chi connectivity index (χ2v) is 5.47. The fourth-order valence-electron chi connectivity index (χ4n) is 2.25. The van der Waals surface area contributed by atoms with Gasteiger partial charge < -0.3 is 10.8 Å². The Morgan fingerprint density at radius 1 is 1.16 bits per heavy atom. The first-order chi connectivity index (χ1) is 8.80. The number of nitrogens with zero attached hydrogens (tertiary/aromatic N) is 1. The summed E-state index contributed by atoms with van der Waals surface area (Å²) in [6.45, 7) is 5.68. The number of nitrogens with two attached hydrogens (primary N) is 1. The van der Waals surface area contributed by atoms with Gasteiger partial charge in [0.15, 0.2) is 0 Å². The molecule has 3 N–H and O–H groups in total. The molecule has 1 heterocycles. The summed E-state index contributed by atoms with van der Waals surface area (Å²) in [6.07, 6.45) is 1.47. The normalized spacial score (nSPS) is 14.2. The van der Waals surface area contributed by atoms with E-state index in [4.69, 9.17) is 17.3 Å². The molecule has 2 aromatic rings. The number of halogens is 1. The van der Waals surface area contributed by atoms with E-state index in [-0.39, 0.29) is 5.82 Å². The summed E-state index contributed by atoms with van der Waals surface area (Å²) >= 11 is 5.94. The van der Waals surface area contributed by atoms with E-state index in [1.165, 1.54) is 6.20 Å². The highest BCUT2D eigenvalue weighted by molar-refractivity contribution is 6.30. The van der Waals surface area contributed by atoms with E-state index >= 15 is 0 Å². The van der Waals surface area contributed by atoms with Crippen LogP contribution in [-0.4, -0.2) is 10.1 Å². The first-order valence-corrected chi connectivity index (χ1v) is 6.41.